The average molecular weight is 424 g/mol. The lowest BCUT2D eigenvalue weighted by molar-refractivity contribution is 0.237. The first-order valence-electron chi connectivity index (χ1n) is 10.7. The molecule has 31 heavy (non-hydrogen) atoms. The fraction of sp³-hybridized carbons (Fsp3) is 0.400. The van der Waals surface area contributed by atoms with Crippen LogP contribution in [-0.4, -0.2) is 39.5 Å². The van der Waals surface area contributed by atoms with Crippen LogP contribution in [0.1, 0.15) is 43.6 Å². The number of aromatic nitrogens is 3. The van der Waals surface area contributed by atoms with Crippen molar-refractivity contribution < 1.29 is 4.74 Å². The lowest BCUT2D eigenvalue weighted by Crippen LogP contribution is -2.26. The van der Waals surface area contributed by atoms with Gasteiger partial charge in [0.15, 0.2) is 0 Å². The summed E-state index contributed by atoms with van der Waals surface area (Å²) in [7, 11) is 0. The Morgan fingerprint density at radius 1 is 1.06 bits per heavy atom. The zero-order valence-electron chi connectivity index (χ0n) is 19.3. The minimum absolute atomic E-state index is 0.349. The lowest BCUT2D eigenvalue weighted by atomic mass is 10.2. The Bertz CT molecular complexity index is 815. The molecule has 0 saturated heterocycles. The maximum absolute atomic E-state index is 5.78. The first-order valence-corrected chi connectivity index (χ1v) is 10.7. The second kappa shape index (κ2) is 15.9. The predicted octanol–water partition coefficient (Wildman–Crippen LogP) is 4.62. The molecule has 2 heterocycles. The molecule has 2 rings (SSSR count). The summed E-state index contributed by atoms with van der Waals surface area (Å²) in [5.41, 5.74) is 9.51. The van der Waals surface area contributed by atoms with Gasteiger partial charge in [-0.3, -0.25) is 14.9 Å². The highest BCUT2D eigenvalue weighted by Gasteiger charge is 2.14. The largest absolute Gasteiger partial charge is 0.471 e. The van der Waals surface area contributed by atoms with Crippen molar-refractivity contribution >= 4 is 0 Å². The molecular formula is C25H37N5O. The summed E-state index contributed by atoms with van der Waals surface area (Å²) in [4.78, 5) is 15.7. The van der Waals surface area contributed by atoms with E-state index in [-0.39, 0.29) is 0 Å². The summed E-state index contributed by atoms with van der Waals surface area (Å²) in [5.74, 6) is 0.530. The molecule has 0 aliphatic rings. The maximum atomic E-state index is 5.78. The van der Waals surface area contributed by atoms with Crippen molar-refractivity contribution in [1.82, 2.24) is 19.9 Å². The summed E-state index contributed by atoms with van der Waals surface area (Å²) in [6, 6.07) is 4.04. The van der Waals surface area contributed by atoms with Gasteiger partial charge in [-0.2, -0.15) is 0 Å². The van der Waals surface area contributed by atoms with Crippen molar-refractivity contribution in [3.63, 3.8) is 0 Å². The zero-order chi connectivity index (χ0) is 22.9. The van der Waals surface area contributed by atoms with Crippen molar-refractivity contribution in [3.05, 3.63) is 84.6 Å². The highest BCUT2D eigenvalue weighted by atomic mass is 16.5. The highest BCUT2D eigenvalue weighted by molar-refractivity contribution is 5.21. The van der Waals surface area contributed by atoms with Crippen LogP contribution in [-0.2, 0) is 13.1 Å². The predicted molar refractivity (Wildman–Crippen MR) is 129 cm³/mol. The number of nitrogens with zero attached hydrogens (tertiary/aromatic N) is 4. The summed E-state index contributed by atoms with van der Waals surface area (Å²) in [6.07, 6.45) is 12.8. The van der Waals surface area contributed by atoms with E-state index < -0.39 is 0 Å². The standard InChI is InChI=1S/C21H29N5O.C4H8/c1-4-17(2)16-27-21-20(24-11-12-25-21)15-26(13-6-5-9-22)14-19-18(3)8-7-10-23-19;1-3-4-2/h4,7-8,10-12H,1-2,5-6,9,13-16,22H2,3H3;3-4H,1-2H3/b;4-3-. The number of rotatable bonds is 12. The molecular weight excluding hydrogens is 386 g/mol. The molecule has 0 fully saturated rings. The topological polar surface area (TPSA) is 77.2 Å². The van der Waals surface area contributed by atoms with Crippen LogP contribution in [0.3, 0.4) is 0 Å². The number of aryl methyl sites for hydroxylation is 1. The van der Waals surface area contributed by atoms with E-state index in [2.05, 4.69) is 46.0 Å². The third kappa shape index (κ3) is 10.7. The van der Waals surface area contributed by atoms with E-state index in [9.17, 15) is 0 Å². The Hall–Kier alpha value is -2.83. The molecule has 0 aromatic carbocycles. The van der Waals surface area contributed by atoms with Crippen molar-refractivity contribution in [1.29, 1.82) is 0 Å². The molecule has 6 heteroatoms. The average Bonchev–Trinajstić information content (AvgIpc) is 2.80. The van der Waals surface area contributed by atoms with Gasteiger partial charge < -0.3 is 10.5 Å². The molecule has 0 radical (unpaired) electrons. The zero-order valence-corrected chi connectivity index (χ0v) is 19.3. The first-order chi connectivity index (χ1) is 15.0. The Labute approximate surface area is 187 Å². The summed E-state index contributed by atoms with van der Waals surface area (Å²) < 4.78 is 5.78. The van der Waals surface area contributed by atoms with Gasteiger partial charge in [0.25, 0.3) is 0 Å². The van der Waals surface area contributed by atoms with E-state index in [1.54, 1.807) is 18.5 Å². The Morgan fingerprint density at radius 3 is 2.39 bits per heavy atom. The van der Waals surface area contributed by atoms with E-state index in [1.165, 1.54) is 5.56 Å². The minimum atomic E-state index is 0.349. The van der Waals surface area contributed by atoms with E-state index in [0.717, 1.165) is 42.9 Å². The van der Waals surface area contributed by atoms with Gasteiger partial charge in [0.1, 0.15) is 12.3 Å². The molecule has 2 aromatic rings. The van der Waals surface area contributed by atoms with Crippen LogP contribution in [0.15, 0.2) is 67.7 Å². The smallest absolute Gasteiger partial charge is 0.237 e. The molecule has 0 bridgehead atoms. The van der Waals surface area contributed by atoms with Crippen LogP contribution in [0.5, 0.6) is 5.88 Å². The van der Waals surface area contributed by atoms with E-state index >= 15 is 0 Å². The van der Waals surface area contributed by atoms with Gasteiger partial charge in [-0.15, -0.1) is 0 Å². The quantitative estimate of drug-likeness (QED) is 0.305. The van der Waals surface area contributed by atoms with Crippen LogP contribution < -0.4 is 10.5 Å². The number of unbranched alkanes of at least 4 members (excludes halogenated alkanes) is 1. The number of pyridine rings is 1. The monoisotopic (exact) mass is 423 g/mol. The Kier molecular flexibility index (Phi) is 13.5. The summed E-state index contributed by atoms with van der Waals surface area (Å²) >= 11 is 0. The fourth-order valence-corrected chi connectivity index (χ4v) is 2.60. The van der Waals surface area contributed by atoms with Crippen molar-refractivity contribution in [2.24, 2.45) is 5.73 Å². The molecule has 2 aromatic heterocycles. The van der Waals surface area contributed by atoms with Gasteiger partial charge in [-0.25, -0.2) is 4.98 Å². The van der Waals surface area contributed by atoms with Crippen LogP contribution >= 0.6 is 0 Å². The summed E-state index contributed by atoms with van der Waals surface area (Å²) in [5, 5.41) is 0. The Balaban J connectivity index is 0.00000110. The lowest BCUT2D eigenvalue weighted by Gasteiger charge is -2.23. The fourth-order valence-electron chi connectivity index (χ4n) is 2.60. The van der Waals surface area contributed by atoms with E-state index in [1.807, 2.05) is 38.3 Å². The molecule has 0 saturated carbocycles. The molecule has 2 N–H and O–H groups in total. The first kappa shape index (κ1) is 26.2. The SMILES string of the molecule is C/C=C\C.C=CC(=C)COc1nccnc1CN(CCCCN)Cc1ncccc1C. The minimum Gasteiger partial charge on any atom is -0.471 e. The third-order valence-corrected chi connectivity index (χ3v) is 4.55. The number of ether oxygens (including phenoxy) is 1. The van der Waals surface area contributed by atoms with Gasteiger partial charge in [-0.1, -0.05) is 37.5 Å². The summed E-state index contributed by atoms with van der Waals surface area (Å²) in [6.45, 7) is 17.0. The van der Waals surface area contributed by atoms with Crippen molar-refractivity contribution in [3.8, 4) is 5.88 Å². The van der Waals surface area contributed by atoms with Gasteiger partial charge >= 0.3 is 0 Å². The number of nitrogens with two attached hydrogens (primary N) is 1. The molecule has 6 nitrogen and oxygen atoms in total. The molecule has 168 valence electrons. The van der Waals surface area contributed by atoms with Crippen LogP contribution in [0.25, 0.3) is 0 Å². The van der Waals surface area contributed by atoms with Crippen LogP contribution in [0.2, 0.25) is 0 Å². The Morgan fingerprint density at radius 2 is 1.74 bits per heavy atom. The van der Waals surface area contributed by atoms with Crippen molar-refractivity contribution in [2.75, 3.05) is 19.7 Å². The molecule has 0 amide bonds. The van der Waals surface area contributed by atoms with Gasteiger partial charge in [-0.05, 0) is 63.9 Å². The number of hydrogen-bond acceptors (Lipinski definition) is 6. The van der Waals surface area contributed by atoms with Gasteiger partial charge in [0.2, 0.25) is 5.88 Å². The van der Waals surface area contributed by atoms with E-state index in [4.69, 9.17) is 10.5 Å². The molecule has 0 atom stereocenters. The molecule has 0 aliphatic heterocycles. The molecule has 0 spiro atoms. The molecule has 0 aliphatic carbocycles. The van der Waals surface area contributed by atoms with Crippen LogP contribution in [0.4, 0.5) is 0 Å². The highest BCUT2D eigenvalue weighted by Crippen LogP contribution is 2.17. The molecule has 0 unspecified atom stereocenters. The van der Waals surface area contributed by atoms with Gasteiger partial charge in [0.05, 0.1) is 5.69 Å². The second-order valence-corrected chi connectivity index (χ2v) is 7.10. The van der Waals surface area contributed by atoms with E-state index in [0.29, 0.717) is 25.6 Å². The normalized spacial score (nSPS) is 10.6. The van der Waals surface area contributed by atoms with Crippen LogP contribution in [0, 0.1) is 6.92 Å². The number of allylic oxidation sites excluding steroid dienone is 2. The maximum Gasteiger partial charge on any atom is 0.237 e. The van der Waals surface area contributed by atoms with Crippen molar-refractivity contribution in [2.45, 2.75) is 46.7 Å². The van der Waals surface area contributed by atoms with Gasteiger partial charge in [0, 0.05) is 31.7 Å². The second-order valence-electron chi connectivity index (χ2n) is 7.10. The third-order valence-electron chi connectivity index (χ3n) is 4.55. The number of hydrogen-bond donors (Lipinski definition) is 1.